The number of aromatic nitrogens is 2. The average molecular weight is 294 g/mol. The zero-order valence-electron chi connectivity index (χ0n) is 11.8. The first-order valence-electron chi connectivity index (χ1n) is 7.44. The molecule has 1 amide bonds. The van der Waals surface area contributed by atoms with Gasteiger partial charge in [0.1, 0.15) is 0 Å². The minimum Gasteiger partial charge on any atom is -0.351 e. The Morgan fingerprint density at radius 3 is 3.30 bits per heavy atom. The second-order valence-corrected chi connectivity index (χ2v) is 7.02. The van der Waals surface area contributed by atoms with E-state index in [1.807, 2.05) is 11.8 Å². The predicted molar refractivity (Wildman–Crippen MR) is 80.6 cm³/mol. The lowest BCUT2D eigenvalue weighted by Crippen LogP contribution is -2.51. The summed E-state index contributed by atoms with van der Waals surface area (Å²) >= 11 is 1.97. The fourth-order valence-corrected chi connectivity index (χ4v) is 4.34. The van der Waals surface area contributed by atoms with Gasteiger partial charge < -0.3 is 10.3 Å². The Morgan fingerprint density at radius 2 is 2.45 bits per heavy atom. The van der Waals surface area contributed by atoms with Crippen molar-refractivity contribution in [3.8, 4) is 0 Å². The maximum absolute atomic E-state index is 12.4. The molecule has 1 aliphatic heterocycles. The van der Waals surface area contributed by atoms with Gasteiger partial charge in [-0.1, -0.05) is 13.3 Å². The van der Waals surface area contributed by atoms with Crippen molar-refractivity contribution in [2.24, 2.45) is 0 Å². The van der Waals surface area contributed by atoms with Crippen LogP contribution in [0.1, 0.15) is 37.6 Å². The number of aromatic amines is 1. The topological polar surface area (TPSA) is 69.8 Å². The van der Waals surface area contributed by atoms with E-state index in [0.717, 1.165) is 23.6 Å². The highest BCUT2D eigenvalue weighted by Crippen LogP contribution is 2.30. The average Bonchev–Trinajstić information content (AvgIpc) is 3.07. The predicted octanol–water partition coefficient (Wildman–Crippen LogP) is 1.21. The number of amides is 1. The van der Waals surface area contributed by atoms with Crippen LogP contribution in [-0.4, -0.2) is 39.0 Å². The van der Waals surface area contributed by atoms with Crippen LogP contribution in [0.15, 0.2) is 6.33 Å². The molecule has 1 saturated carbocycles. The van der Waals surface area contributed by atoms with Crippen LogP contribution < -0.4 is 10.6 Å². The monoisotopic (exact) mass is 294 g/mol. The van der Waals surface area contributed by atoms with Gasteiger partial charge in [0, 0.05) is 24.3 Å². The Kier molecular flexibility index (Phi) is 4.31. The minimum absolute atomic E-state index is 0.132. The first kappa shape index (κ1) is 13.9. The van der Waals surface area contributed by atoms with Gasteiger partial charge in [-0.05, 0) is 18.6 Å². The third-order valence-electron chi connectivity index (χ3n) is 4.21. The second-order valence-electron chi connectivity index (χ2n) is 5.51. The summed E-state index contributed by atoms with van der Waals surface area (Å²) in [6.07, 6.45) is 5.96. The van der Waals surface area contributed by atoms with E-state index < -0.39 is 0 Å². The number of thioether (sulfide) groups is 1. The largest absolute Gasteiger partial charge is 0.351 e. The number of carbonyl (C=O) groups is 1. The number of nitrogens with one attached hydrogen (secondary N) is 3. The van der Waals surface area contributed by atoms with Crippen LogP contribution in [0.25, 0.3) is 0 Å². The number of rotatable bonds is 4. The summed E-state index contributed by atoms with van der Waals surface area (Å²) in [5, 5.41) is 7.13. The van der Waals surface area contributed by atoms with E-state index in [9.17, 15) is 4.79 Å². The number of fused-ring (bicyclic) bond motifs is 1. The molecule has 0 aromatic carbocycles. The molecule has 3 rings (SSSR count). The summed E-state index contributed by atoms with van der Waals surface area (Å²) in [6.45, 7) is 2.88. The summed E-state index contributed by atoms with van der Waals surface area (Å²) in [6, 6.07) is 0.202. The van der Waals surface area contributed by atoms with Crippen LogP contribution in [0.4, 0.5) is 0 Å². The number of carbonyl (C=O) groups excluding carboxylic acids is 1. The molecule has 110 valence electrons. The summed E-state index contributed by atoms with van der Waals surface area (Å²) < 4.78 is 0. The van der Waals surface area contributed by atoms with Crippen molar-refractivity contribution < 1.29 is 4.79 Å². The van der Waals surface area contributed by atoms with Crippen LogP contribution >= 0.6 is 11.8 Å². The Labute approximate surface area is 123 Å². The molecule has 1 aliphatic carbocycles. The van der Waals surface area contributed by atoms with E-state index in [1.54, 1.807) is 6.33 Å². The zero-order chi connectivity index (χ0) is 13.9. The van der Waals surface area contributed by atoms with Crippen molar-refractivity contribution in [2.75, 3.05) is 5.75 Å². The molecule has 2 aliphatic rings. The van der Waals surface area contributed by atoms with Crippen molar-refractivity contribution in [3.63, 3.8) is 0 Å². The quantitative estimate of drug-likeness (QED) is 0.781. The minimum atomic E-state index is -0.140. The third kappa shape index (κ3) is 2.86. The molecule has 6 heteroatoms. The molecule has 0 saturated heterocycles. The van der Waals surface area contributed by atoms with E-state index in [0.29, 0.717) is 24.3 Å². The van der Waals surface area contributed by atoms with Crippen molar-refractivity contribution in [1.29, 1.82) is 0 Å². The van der Waals surface area contributed by atoms with Crippen LogP contribution in [0, 0.1) is 0 Å². The van der Waals surface area contributed by atoms with Gasteiger partial charge in [-0.25, -0.2) is 4.98 Å². The summed E-state index contributed by atoms with van der Waals surface area (Å²) in [7, 11) is 0. The standard InChI is InChI=1S/C14H22N4OS/c1-2-20-13-5-3-4-9(13)18-14(19)11-6-10-12(7-15-11)17-8-16-10/h8-9,11,13,15H,2-7H2,1H3,(H,16,17)(H,18,19). The number of hydrogen-bond donors (Lipinski definition) is 3. The van der Waals surface area contributed by atoms with E-state index >= 15 is 0 Å². The third-order valence-corrected chi connectivity index (χ3v) is 5.53. The molecule has 3 N–H and O–H groups in total. The molecular formula is C14H22N4OS. The maximum atomic E-state index is 12.4. The Hall–Kier alpha value is -1.01. The van der Waals surface area contributed by atoms with Gasteiger partial charge in [-0.3, -0.25) is 10.1 Å². The Bertz CT molecular complexity index is 475. The molecule has 0 radical (unpaired) electrons. The van der Waals surface area contributed by atoms with Crippen LogP contribution in [0.3, 0.4) is 0 Å². The Balaban J connectivity index is 1.57. The number of imidazole rings is 1. The lowest BCUT2D eigenvalue weighted by atomic mass is 10.0. The molecule has 3 atom stereocenters. The van der Waals surface area contributed by atoms with Crippen LogP contribution in [0.5, 0.6) is 0 Å². The van der Waals surface area contributed by atoms with Crippen molar-refractivity contribution >= 4 is 17.7 Å². The van der Waals surface area contributed by atoms with Gasteiger partial charge in [0.05, 0.1) is 23.8 Å². The molecule has 0 bridgehead atoms. The Morgan fingerprint density at radius 1 is 1.55 bits per heavy atom. The molecule has 5 nitrogen and oxygen atoms in total. The molecule has 1 aromatic heterocycles. The van der Waals surface area contributed by atoms with E-state index in [4.69, 9.17) is 0 Å². The smallest absolute Gasteiger partial charge is 0.237 e. The zero-order valence-corrected chi connectivity index (χ0v) is 12.6. The normalized spacial score (nSPS) is 29.1. The fraction of sp³-hybridized carbons (Fsp3) is 0.714. The summed E-state index contributed by atoms with van der Waals surface area (Å²) in [5.41, 5.74) is 2.13. The van der Waals surface area contributed by atoms with Crippen LogP contribution in [-0.2, 0) is 17.8 Å². The molecule has 20 heavy (non-hydrogen) atoms. The lowest BCUT2D eigenvalue weighted by molar-refractivity contribution is -0.124. The van der Waals surface area contributed by atoms with E-state index in [2.05, 4.69) is 27.5 Å². The van der Waals surface area contributed by atoms with Gasteiger partial charge in [0.15, 0.2) is 0 Å². The van der Waals surface area contributed by atoms with Gasteiger partial charge in [0.25, 0.3) is 0 Å². The number of H-pyrrole nitrogens is 1. The maximum Gasteiger partial charge on any atom is 0.237 e. The van der Waals surface area contributed by atoms with Gasteiger partial charge in [0.2, 0.25) is 5.91 Å². The van der Waals surface area contributed by atoms with Crippen molar-refractivity contribution in [2.45, 2.75) is 56.5 Å². The van der Waals surface area contributed by atoms with Crippen molar-refractivity contribution in [1.82, 2.24) is 20.6 Å². The number of nitrogens with zero attached hydrogens (tertiary/aromatic N) is 1. The summed E-state index contributed by atoms with van der Waals surface area (Å²) in [5.74, 6) is 1.25. The van der Waals surface area contributed by atoms with Gasteiger partial charge >= 0.3 is 0 Å². The molecule has 3 unspecified atom stereocenters. The van der Waals surface area contributed by atoms with E-state index in [-0.39, 0.29) is 11.9 Å². The first-order valence-corrected chi connectivity index (χ1v) is 8.49. The highest BCUT2D eigenvalue weighted by atomic mass is 32.2. The second kappa shape index (κ2) is 6.18. The van der Waals surface area contributed by atoms with E-state index in [1.165, 1.54) is 12.8 Å². The number of hydrogen-bond acceptors (Lipinski definition) is 4. The van der Waals surface area contributed by atoms with Crippen LogP contribution in [0.2, 0.25) is 0 Å². The van der Waals surface area contributed by atoms with Gasteiger partial charge in [-0.15, -0.1) is 0 Å². The molecule has 0 spiro atoms. The highest BCUT2D eigenvalue weighted by Gasteiger charge is 2.32. The molecule has 1 aromatic rings. The highest BCUT2D eigenvalue weighted by molar-refractivity contribution is 7.99. The SMILES string of the molecule is CCSC1CCCC1NC(=O)C1Cc2nc[nH]c2CN1. The molecular weight excluding hydrogens is 272 g/mol. The fourth-order valence-electron chi connectivity index (χ4n) is 3.14. The van der Waals surface area contributed by atoms with Gasteiger partial charge in [-0.2, -0.15) is 11.8 Å². The molecule has 2 heterocycles. The summed E-state index contributed by atoms with van der Waals surface area (Å²) in [4.78, 5) is 19.8. The van der Waals surface area contributed by atoms with Crippen molar-refractivity contribution in [3.05, 3.63) is 17.7 Å². The lowest BCUT2D eigenvalue weighted by Gasteiger charge is -2.26. The first-order chi connectivity index (χ1) is 9.78. The molecule has 1 fully saturated rings.